The lowest BCUT2D eigenvalue weighted by atomic mass is 9.71. The molecule has 8 nitrogen and oxygen atoms in total. The number of rotatable bonds is 5. The monoisotopic (exact) mass is 405 g/mol. The van der Waals surface area contributed by atoms with Crippen molar-refractivity contribution in [2.45, 2.75) is 25.9 Å². The highest BCUT2D eigenvalue weighted by Crippen LogP contribution is 2.48. The molecule has 2 aliphatic rings. The lowest BCUT2D eigenvalue weighted by Crippen LogP contribution is -2.62. The summed E-state index contributed by atoms with van der Waals surface area (Å²) < 4.78 is 3.74. The number of nitrogens with zero attached hydrogens (tertiary/aromatic N) is 7. The molecule has 1 unspecified atom stereocenters. The highest BCUT2D eigenvalue weighted by Gasteiger charge is 2.56. The Balaban J connectivity index is 1.31. The summed E-state index contributed by atoms with van der Waals surface area (Å²) in [5.74, 6) is 1.41. The molecule has 2 aromatic heterocycles. The molecule has 1 atom stereocenters. The molecule has 1 aromatic carbocycles. The van der Waals surface area contributed by atoms with E-state index in [-0.39, 0.29) is 17.2 Å². The third-order valence-electron chi connectivity index (χ3n) is 6.45. The Morgan fingerprint density at radius 2 is 2.00 bits per heavy atom. The van der Waals surface area contributed by atoms with Gasteiger partial charge in [-0.25, -0.2) is 0 Å². The molecule has 0 radical (unpaired) electrons. The van der Waals surface area contributed by atoms with Gasteiger partial charge in [-0.3, -0.25) is 14.4 Å². The topological polar surface area (TPSA) is 72.1 Å². The first-order valence-corrected chi connectivity index (χ1v) is 10.4. The number of benzene rings is 1. The largest absolute Gasteiger partial charge is 0.340 e. The van der Waals surface area contributed by atoms with E-state index in [2.05, 4.69) is 44.5 Å². The van der Waals surface area contributed by atoms with E-state index in [4.69, 9.17) is 0 Å². The van der Waals surface area contributed by atoms with Gasteiger partial charge in [-0.15, -0.1) is 10.2 Å². The van der Waals surface area contributed by atoms with Gasteiger partial charge in [0.1, 0.15) is 18.7 Å². The number of carbonyl (C=O) groups is 1. The Morgan fingerprint density at radius 1 is 1.20 bits per heavy atom. The Morgan fingerprint density at radius 3 is 2.67 bits per heavy atom. The van der Waals surface area contributed by atoms with Crippen LogP contribution < -0.4 is 0 Å². The molecule has 5 rings (SSSR count). The van der Waals surface area contributed by atoms with Crippen LogP contribution >= 0.6 is 0 Å². The van der Waals surface area contributed by atoms with Crippen molar-refractivity contribution in [3.8, 4) is 0 Å². The fraction of sp³-hybridized carbons (Fsp3) is 0.455. The first kappa shape index (κ1) is 19.0. The quantitative estimate of drug-likeness (QED) is 0.643. The fourth-order valence-corrected chi connectivity index (χ4v) is 5.00. The molecule has 0 saturated carbocycles. The molecule has 30 heavy (non-hydrogen) atoms. The van der Waals surface area contributed by atoms with Gasteiger partial charge < -0.3 is 9.47 Å². The predicted octanol–water partition coefficient (Wildman–Crippen LogP) is 1.45. The van der Waals surface area contributed by atoms with Crippen LogP contribution in [0.3, 0.4) is 0 Å². The minimum atomic E-state index is 0.0330. The lowest BCUT2D eigenvalue weighted by molar-refractivity contribution is -0.144. The summed E-state index contributed by atoms with van der Waals surface area (Å²) in [6.07, 6.45) is 5.46. The molecule has 156 valence electrons. The van der Waals surface area contributed by atoms with Gasteiger partial charge in [0.25, 0.3) is 0 Å². The van der Waals surface area contributed by atoms with Gasteiger partial charge >= 0.3 is 0 Å². The van der Waals surface area contributed by atoms with E-state index >= 15 is 0 Å². The summed E-state index contributed by atoms with van der Waals surface area (Å²) in [6, 6.07) is 10.6. The van der Waals surface area contributed by atoms with Crippen LogP contribution in [0.1, 0.15) is 22.9 Å². The van der Waals surface area contributed by atoms with Crippen molar-refractivity contribution in [1.29, 1.82) is 0 Å². The first-order chi connectivity index (χ1) is 14.5. The van der Waals surface area contributed by atoms with E-state index in [0.29, 0.717) is 6.54 Å². The van der Waals surface area contributed by atoms with Crippen molar-refractivity contribution >= 4 is 5.91 Å². The second-order valence-electron chi connectivity index (χ2n) is 8.84. The summed E-state index contributed by atoms with van der Waals surface area (Å²) in [4.78, 5) is 17.3. The highest BCUT2D eigenvalue weighted by molar-refractivity contribution is 5.77. The number of amides is 1. The number of hydrogen-bond donors (Lipinski definition) is 0. The van der Waals surface area contributed by atoms with Crippen molar-refractivity contribution in [2.75, 3.05) is 26.2 Å². The molecule has 2 aliphatic heterocycles. The van der Waals surface area contributed by atoms with E-state index in [9.17, 15) is 4.79 Å². The minimum Gasteiger partial charge on any atom is -0.340 e. The summed E-state index contributed by atoms with van der Waals surface area (Å²) in [5, 5.41) is 12.8. The molecule has 1 amide bonds. The number of aryl methyl sites for hydroxylation is 2. The third-order valence-corrected chi connectivity index (χ3v) is 6.45. The van der Waals surface area contributed by atoms with Crippen molar-refractivity contribution in [1.82, 2.24) is 34.3 Å². The molecule has 3 aromatic rings. The zero-order chi connectivity index (χ0) is 20.7. The number of aromatic nitrogens is 5. The second-order valence-corrected chi connectivity index (χ2v) is 8.84. The molecule has 2 saturated heterocycles. The maximum absolute atomic E-state index is 12.8. The highest BCUT2D eigenvalue weighted by atomic mass is 16.2. The van der Waals surface area contributed by atoms with Crippen LogP contribution in [0.5, 0.6) is 0 Å². The molecular weight excluding hydrogens is 378 g/mol. The normalized spacial score (nSPS) is 20.6. The molecule has 0 bridgehead atoms. The Labute approximate surface area is 176 Å². The van der Waals surface area contributed by atoms with Crippen LogP contribution in [0.25, 0.3) is 0 Å². The molecule has 0 aliphatic carbocycles. The number of likely N-dealkylation sites (tertiary alicyclic amines) is 2. The van der Waals surface area contributed by atoms with Gasteiger partial charge in [-0.05, 0) is 18.1 Å². The van der Waals surface area contributed by atoms with Gasteiger partial charge in [-0.2, -0.15) is 5.10 Å². The SMILES string of the molecule is Cc1cnn(CC(=O)N2CC3(CN(Cc4ccccc4)CC3c3nncn3C)C2)c1. The maximum Gasteiger partial charge on any atom is 0.244 e. The van der Waals surface area contributed by atoms with Gasteiger partial charge in [0.05, 0.1) is 6.20 Å². The minimum absolute atomic E-state index is 0.0330. The molecule has 8 heteroatoms. The Kier molecular flexibility index (Phi) is 4.66. The van der Waals surface area contributed by atoms with Crippen LogP contribution in [0.15, 0.2) is 49.1 Å². The average molecular weight is 406 g/mol. The summed E-state index contributed by atoms with van der Waals surface area (Å²) >= 11 is 0. The average Bonchev–Trinajstić information content (AvgIpc) is 3.40. The third kappa shape index (κ3) is 3.41. The van der Waals surface area contributed by atoms with E-state index < -0.39 is 0 Å². The van der Waals surface area contributed by atoms with Crippen LogP contribution in [0.2, 0.25) is 0 Å². The van der Waals surface area contributed by atoms with Crippen LogP contribution in [-0.4, -0.2) is 66.4 Å². The zero-order valence-corrected chi connectivity index (χ0v) is 17.5. The van der Waals surface area contributed by atoms with Gasteiger partial charge in [0.15, 0.2) is 0 Å². The van der Waals surface area contributed by atoms with E-state index in [1.807, 2.05) is 35.7 Å². The molecule has 2 fully saturated rings. The molecule has 0 N–H and O–H groups in total. The van der Waals surface area contributed by atoms with Crippen LogP contribution in [0.4, 0.5) is 0 Å². The van der Waals surface area contributed by atoms with E-state index in [1.165, 1.54) is 5.56 Å². The van der Waals surface area contributed by atoms with Crippen LogP contribution in [-0.2, 0) is 24.9 Å². The Hall–Kier alpha value is -3.00. The summed E-state index contributed by atoms with van der Waals surface area (Å²) in [7, 11) is 2.00. The predicted molar refractivity (Wildman–Crippen MR) is 111 cm³/mol. The molecular formula is C22H27N7O. The van der Waals surface area contributed by atoms with E-state index in [1.54, 1.807) is 17.2 Å². The van der Waals surface area contributed by atoms with Gasteiger partial charge in [-0.1, -0.05) is 30.3 Å². The van der Waals surface area contributed by atoms with Crippen molar-refractivity contribution in [2.24, 2.45) is 12.5 Å². The van der Waals surface area contributed by atoms with Gasteiger partial charge in [0, 0.05) is 57.3 Å². The number of carbonyl (C=O) groups excluding carboxylic acids is 1. The zero-order valence-electron chi connectivity index (χ0n) is 17.5. The van der Waals surface area contributed by atoms with Gasteiger partial charge in [0.2, 0.25) is 5.91 Å². The summed E-state index contributed by atoms with van der Waals surface area (Å²) in [6.45, 7) is 6.61. The Bertz CT molecular complexity index is 1030. The van der Waals surface area contributed by atoms with Crippen molar-refractivity contribution in [3.63, 3.8) is 0 Å². The van der Waals surface area contributed by atoms with E-state index in [0.717, 1.165) is 44.1 Å². The molecule has 1 spiro atoms. The lowest BCUT2D eigenvalue weighted by Gasteiger charge is -2.50. The molecule has 4 heterocycles. The maximum atomic E-state index is 12.8. The van der Waals surface area contributed by atoms with Crippen LogP contribution in [0, 0.1) is 12.3 Å². The fourth-order valence-electron chi connectivity index (χ4n) is 5.00. The number of hydrogen-bond acceptors (Lipinski definition) is 5. The smallest absolute Gasteiger partial charge is 0.244 e. The van der Waals surface area contributed by atoms with Crippen molar-refractivity contribution in [3.05, 3.63) is 66.0 Å². The first-order valence-electron chi connectivity index (χ1n) is 10.4. The van der Waals surface area contributed by atoms with Crippen molar-refractivity contribution < 1.29 is 4.79 Å². The second kappa shape index (κ2) is 7.36. The standard InChI is InChI=1S/C22H27N7O/c1-17-8-24-29(9-17)12-20(30)28-14-22(15-28)13-27(10-18-6-4-3-5-7-18)11-19(22)21-25-23-16-26(21)2/h3-9,16,19H,10-15H2,1-2H3. The summed E-state index contributed by atoms with van der Waals surface area (Å²) in [5.41, 5.74) is 2.41.